The SMILES string of the molecule is CC(C)c1ccc(-c2ccc3c(c2)CCC(C)(C)[C@H]3NC(=O)O)cc1. The smallest absolute Gasteiger partial charge is 0.405 e. The Morgan fingerprint density at radius 3 is 2.36 bits per heavy atom. The first-order valence-corrected chi connectivity index (χ1v) is 9.00. The van der Waals surface area contributed by atoms with E-state index in [0.29, 0.717) is 5.92 Å². The number of carbonyl (C=O) groups is 1. The van der Waals surface area contributed by atoms with Gasteiger partial charge in [0.2, 0.25) is 0 Å². The molecule has 2 aromatic carbocycles. The Balaban J connectivity index is 1.95. The van der Waals surface area contributed by atoms with E-state index in [2.05, 4.69) is 75.5 Å². The monoisotopic (exact) mass is 337 g/mol. The molecule has 0 spiro atoms. The van der Waals surface area contributed by atoms with Crippen LogP contribution < -0.4 is 5.32 Å². The van der Waals surface area contributed by atoms with Crippen LogP contribution in [0.5, 0.6) is 0 Å². The van der Waals surface area contributed by atoms with Gasteiger partial charge in [-0.1, -0.05) is 70.2 Å². The van der Waals surface area contributed by atoms with Gasteiger partial charge in [-0.2, -0.15) is 0 Å². The fraction of sp³-hybridized carbons (Fsp3) is 0.409. The Hall–Kier alpha value is -2.29. The molecule has 2 N–H and O–H groups in total. The van der Waals surface area contributed by atoms with Crippen molar-refractivity contribution in [2.45, 2.75) is 52.5 Å². The second-order valence-electron chi connectivity index (χ2n) is 8.06. The number of benzene rings is 2. The number of carboxylic acid groups (broad SMARTS) is 1. The van der Waals surface area contributed by atoms with Crippen molar-refractivity contribution < 1.29 is 9.90 Å². The molecule has 25 heavy (non-hydrogen) atoms. The minimum atomic E-state index is -0.959. The minimum Gasteiger partial charge on any atom is -0.465 e. The highest BCUT2D eigenvalue weighted by Gasteiger charge is 2.36. The van der Waals surface area contributed by atoms with Crippen LogP contribution in [0.3, 0.4) is 0 Å². The van der Waals surface area contributed by atoms with Gasteiger partial charge in [0.05, 0.1) is 6.04 Å². The third kappa shape index (κ3) is 3.55. The van der Waals surface area contributed by atoms with E-state index in [1.165, 1.54) is 22.3 Å². The molecule has 0 bridgehead atoms. The van der Waals surface area contributed by atoms with Crippen LogP contribution in [0, 0.1) is 5.41 Å². The molecule has 2 aromatic rings. The fourth-order valence-electron chi connectivity index (χ4n) is 3.76. The largest absolute Gasteiger partial charge is 0.465 e. The van der Waals surface area contributed by atoms with Gasteiger partial charge in [-0.3, -0.25) is 0 Å². The second kappa shape index (κ2) is 6.55. The maximum atomic E-state index is 11.2. The molecule has 1 aliphatic carbocycles. The molecule has 3 rings (SSSR count). The Morgan fingerprint density at radius 2 is 1.76 bits per heavy atom. The van der Waals surface area contributed by atoms with Gasteiger partial charge in [0.15, 0.2) is 0 Å². The number of fused-ring (bicyclic) bond motifs is 1. The molecule has 0 saturated carbocycles. The Kier molecular flexibility index (Phi) is 4.59. The predicted octanol–water partition coefficient (Wildman–Crippen LogP) is 5.76. The lowest BCUT2D eigenvalue weighted by Crippen LogP contribution is -2.40. The molecule has 0 heterocycles. The van der Waals surface area contributed by atoms with E-state index in [9.17, 15) is 9.90 Å². The summed E-state index contributed by atoms with van der Waals surface area (Å²) in [5, 5.41) is 11.9. The van der Waals surface area contributed by atoms with Crippen molar-refractivity contribution in [3.05, 3.63) is 59.2 Å². The molecule has 132 valence electrons. The number of aryl methyl sites for hydroxylation is 1. The highest BCUT2D eigenvalue weighted by molar-refractivity contribution is 5.68. The standard InChI is InChI=1S/C22H27NO2/c1-14(2)15-5-7-16(8-6-15)17-9-10-19-18(13-17)11-12-22(3,4)20(19)23-21(24)25/h5-10,13-14,20,23H,11-12H2,1-4H3,(H,24,25)/t20-/m0/s1. The lowest BCUT2D eigenvalue weighted by atomic mass is 9.70. The Bertz CT molecular complexity index is 775. The molecule has 0 aliphatic heterocycles. The van der Waals surface area contributed by atoms with Crippen molar-refractivity contribution in [1.29, 1.82) is 0 Å². The minimum absolute atomic E-state index is 0.0776. The first-order valence-electron chi connectivity index (χ1n) is 9.00. The van der Waals surface area contributed by atoms with E-state index in [1.54, 1.807) is 0 Å². The quantitative estimate of drug-likeness (QED) is 0.748. The molecule has 0 saturated heterocycles. The van der Waals surface area contributed by atoms with Gasteiger partial charge in [-0.25, -0.2) is 4.79 Å². The number of amides is 1. The zero-order chi connectivity index (χ0) is 18.2. The normalized spacial score (nSPS) is 18.7. The van der Waals surface area contributed by atoms with Gasteiger partial charge >= 0.3 is 6.09 Å². The first kappa shape index (κ1) is 17.5. The Morgan fingerprint density at radius 1 is 1.12 bits per heavy atom. The molecule has 0 radical (unpaired) electrons. The molecule has 0 fully saturated rings. The summed E-state index contributed by atoms with van der Waals surface area (Å²) in [6, 6.07) is 15.0. The van der Waals surface area contributed by atoms with Crippen LogP contribution in [0.25, 0.3) is 11.1 Å². The van der Waals surface area contributed by atoms with Gasteiger partial charge in [0.1, 0.15) is 0 Å². The summed E-state index contributed by atoms with van der Waals surface area (Å²) >= 11 is 0. The zero-order valence-corrected chi connectivity index (χ0v) is 15.5. The number of hydrogen-bond acceptors (Lipinski definition) is 1. The van der Waals surface area contributed by atoms with Crippen LogP contribution in [0.2, 0.25) is 0 Å². The maximum absolute atomic E-state index is 11.2. The van der Waals surface area contributed by atoms with Gasteiger partial charge in [-0.15, -0.1) is 0 Å². The summed E-state index contributed by atoms with van der Waals surface area (Å²) in [7, 11) is 0. The summed E-state index contributed by atoms with van der Waals surface area (Å²) in [6.45, 7) is 8.67. The summed E-state index contributed by atoms with van der Waals surface area (Å²) in [5.41, 5.74) is 6.03. The molecule has 1 atom stereocenters. The Labute approximate surface area is 150 Å². The fourth-order valence-corrected chi connectivity index (χ4v) is 3.76. The number of hydrogen-bond donors (Lipinski definition) is 2. The van der Waals surface area contributed by atoms with Crippen LogP contribution >= 0.6 is 0 Å². The second-order valence-corrected chi connectivity index (χ2v) is 8.06. The van der Waals surface area contributed by atoms with Crippen molar-refractivity contribution in [2.24, 2.45) is 5.41 Å². The first-order chi connectivity index (χ1) is 11.8. The van der Waals surface area contributed by atoms with Crippen molar-refractivity contribution in [3.8, 4) is 11.1 Å². The highest BCUT2D eigenvalue weighted by Crippen LogP contribution is 2.44. The average molecular weight is 337 g/mol. The lowest BCUT2D eigenvalue weighted by molar-refractivity contribution is 0.161. The van der Waals surface area contributed by atoms with Crippen LogP contribution in [0.15, 0.2) is 42.5 Å². The van der Waals surface area contributed by atoms with Gasteiger partial charge in [-0.05, 0) is 52.0 Å². The van der Waals surface area contributed by atoms with Crippen molar-refractivity contribution >= 4 is 6.09 Å². The number of rotatable bonds is 3. The van der Waals surface area contributed by atoms with E-state index >= 15 is 0 Å². The molecule has 0 aromatic heterocycles. The van der Waals surface area contributed by atoms with Gasteiger partial charge in [0, 0.05) is 0 Å². The average Bonchev–Trinajstić information content (AvgIpc) is 2.57. The zero-order valence-electron chi connectivity index (χ0n) is 15.5. The predicted molar refractivity (Wildman–Crippen MR) is 102 cm³/mol. The van der Waals surface area contributed by atoms with Crippen LogP contribution in [0.1, 0.15) is 62.8 Å². The highest BCUT2D eigenvalue weighted by atomic mass is 16.4. The van der Waals surface area contributed by atoms with Crippen molar-refractivity contribution in [1.82, 2.24) is 5.32 Å². The molecule has 1 amide bonds. The molecular weight excluding hydrogens is 310 g/mol. The molecule has 3 nitrogen and oxygen atoms in total. The summed E-state index contributed by atoms with van der Waals surface area (Å²) in [4.78, 5) is 11.2. The summed E-state index contributed by atoms with van der Waals surface area (Å²) in [6.07, 6.45) is 0.998. The van der Waals surface area contributed by atoms with Crippen LogP contribution in [-0.4, -0.2) is 11.2 Å². The lowest BCUT2D eigenvalue weighted by Gasteiger charge is -2.40. The topological polar surface area (TPSA) is 49.3 Å². The molecule has 3 heteroatoms. The molecule has 1 aliphatic rings. The summed E-state index contributed by atoms with van der Waals surface area (Å²) in [5.74, 6) is 0.530. The van der Waals surface area contributed by atoms with Gasteiger partial charge < -0.3 is 10.4 Å². The molecular formula is C22H27NO2. The maximum Gasteiger partial charge on any atom is 0.405 e. The van der Waals surface area contributed by atoms with E-state index in [1.807, 2.05) is 0 Å². The van der Waals surface area contributed by atoms with Crippen molar-refractivity contribution in [3.63, 3.8) is 0 Å². The third-order valence-electron chi connectivity index (χ3n) is 5.45. The van der Waals surface area contributed by atoms with Crippen molar-refractivity contribution in [2.75, 3.05) is 0 Å². The number of nitrogens with one attached hydrogen (secondary N) is 1. The van der Waals surface area contributed by atoms with E-state index in [4.69, 9.17) is 0 Å². The summed E-state index contributed by atoms with van der Waals surface area (Å²) < 4.78 is 0. The van der Waals surface area contributed by atoms with E-state index < -0.39 is 6.09 Å². The third-order valence-corrected chi connectivity index (χ3v) is 5.45. The molecule has 0 unspecified atom stereocenters. The van der Waals surface area contributed by atoms with E-state index in [-0.39, 0.29) is 11.5 Å². The van der Waals surface area contributed by atoms with Gasteiger partial charge in [0.25, 0.3) is 0 Å². The van der Waals surface area contributed by atoms with E-state index in [0.717, 1.165) is 18.4 Å². The van der Waals surface area contributed by atoms with Crippen LogP contribution in [0.4, 0.5) is 4.79 Å². The van der Waals surface area contributed by atoms with Crippen LogP contribution in [-0.2, 0) is 6.42 Å².